The molecule has 0 spiro atoms. The van der Waals surface area contributed by atoms with Crippen LogP contribution in [0.3, 0.4) is 0 Å². The first-order chi connectivity index (χ1) is 17.9. The lowest BCUT2D eigenvalue weighted by Gasteiger charge is -2.21. The van der Waals surface area contributed by atoms with E-state index < -0.39 is 36.4 Å². The predicted octanol–water partition coefficient (Wildman–Crippen LogP) is 0.876. The van der Waals surface area contributed by atoms with Gasteiger partial charge in [-0.1, -0.05) is 48.5 Å². The molecule has 37 heavy (non-hydrogen) atoms. The molecule has 1 aliphatic rings. The lowest BCUT2D eigenvalue weighted by molar-refractivity contribution is -0.141. The third kappa shape index (κ3) is 6.95. The fraction of sp³-hybridized carbons (Fsp3) is 0.333. The Morgan fingerprint density at radius 1 is 0.946 bits per heavy atom. The monoisotopic (exact) mass is 505 g/mol. The van der Waals surface area contributed by atoms with Gasteiger partial charge in [-0.05, 0) is 36.6 Å². The Hall–Kier alpha value is -4.18. The van der Waals surface area contributed by atoms with Gasteiger partial charge in [0.2, 0.25) is 17.7 Å². The molecule has 10 heteroatoms. The van der Waals surface area contributed by atoms with Crippen molar-refractivity contribution in [2.75, 3.05) is 13.1 Å². The molecule has 2 heterocycles. The number of rotatable bonds is 11. The van der Waals surface area contributed by atoms with Gasteiger partial charge in [-0.25, -0.2) is 4.79 Å². The van der Waals surface area contributed by atoms with Crippen molar-refractivity contribution in [3.63, 3.8) is 0 Å². The number of carboxylic acid groups (broad SMARTS) is 1. The highest BCUT2D eigenvalue weighted by Crippen LogP contribution is 2.19. The van der Waals surface area contributed by atoms with Gasteiger partial charge in [0.15, 0.2) is 0 Å². The van der Waals surface area contributed by atoms with Crippen molar-refractivity contribution < 1.29 is 24.3 Å². The van der Waals surface area contributed by atoms with Crippen LogP contribution in [0.15, 0.2) is 60.8 Å². The molecule has 0 bridgehead atoms. The van der Waals surface area contributed by atoms with Crippen molar-refractivity contribution in [3.8, 4) is 0 Å². The average Bonchev–Trinajstić information content (AvgIpc) is 3.58. The molecular formula is C27H31N5O5. The number of fused-ring (bicyclic) bond motifs is 1. The highest BCUT2D eigenvalue weighted by atomic mass is 16.4. The second kappa shape index (κ2) is 12.2. The number of benzene rings is 2. The highest BCUT2D eigenvalue weighted by Gasteiger charge is 2.29. The maximum Gasteiger partial charge on any atom is 0.326 e. The first-order valence-electron chi connectivity index (χ1n) is 12.3. The summed E-state index contributed by atoms with van der Waals surface area (Å²) in [5.74, 6) is -2.60. The summed E-state index contributed by atoms with van der Waals surface area (Å²) in [5.41, 5.74) is 2.54. The number of aromatic nitrogens is 1. The zero-order valence-electron chi connectivity index (χ0n) is 20.3. The van der Waals surface area contributed by atoms with E-state index in [1.807, 2.05) is 30.3 Å². The number of hydrogen-bond donors (Lipinski definition) is 6. The molecule has 0 radical (unpaired) electrons. The van der Waals surface area contributed by atoms with Gasteiger partial charge in [-0.3, -0.25) is 14.4 Å². The van der Waals surface area contributed by atoms with Crippen molar-refractivity contribution in [2.24, 2.45) is 0 Å². The quantitative estimate of drug-likeness (QED) is 0.228. The van der Waals surface area contributed by atoms with Gasteiger partial charge in [-0.2, -0.15) is 0 Å². The van der Waals surface area contributed by atoms with Gasteiger partial charge < -0.3 is 31.4 Å². The number of aromatic amines is 1. The van der Waals surface area contributed by atoms with Crippen molar-refractivity contribution in [2.45, 2.75) is 43.8 Å². The average molecular weight is 506 g/mol. The minimum Gasteiger partial charge on any atom is -0.480 e. The first kappa shape index (κ1) is 25.9. The summed E-state index contributed by atoms with van der Waals surface area (Å²) in [4.78, 5) is 53.2. The molecule has 1 aliphatic heterocycles. The number of para-hydroxylation sites is 1. The first-order valence-corrected chi connectivity index (χ1v) is 12.3. The zero-order chi connectivity index (χ0) is 26.2. The van der Waals surface area contributed by atoms with Gasteiger partial charge in [0, 0.05) is 29.9 Å². The Morgan fingerprint density at radius 2 is 1.70 bits per heavy atom. The number of carbonyl (C=O) groups is 4. The molecule has 3 atom stereocenters. The summed E-state index contributed by atoms with van der Waals surface area (Å²) < 4.78 is 0. The molecule has 3 amide bonds. The standard InChI is InChI=1S/C27H31N5O5/c33-24(31-23(27(36)37)13-17-7-2-1-3-8-17)16-30-25(34)22(32-26(35)21-11-6-12-28-21)14-18-15-29-20-10-5-4-9-19(18)20/h1-5,7-10,15,21-23,28-29H,6,11-14,16H2,(H,30,34)(H,31,33)(H,32,35)(H,36,37). The van der Waals surface area contributed by atoms with Gasteiger partial charge >= 0.3 is 5.97 Å². The smallest absolute Gasteiger partial charge is 0.326 e. The summed E-state index contributed by atoms with van der Waals surface area (Å²) in [6, 6.07) is 14.2. The Bertz CT molecular complexity index is 1250. The Kier molecular flexibility index (Phi) is 8.52. The molecule has 3 aromatic rings. The van der Waals surface area contributed by atoms with Crippen molar-refractivity contribution in [3.05, 3.63) is 71.9 Å². The topological polar surface area (TPSA) is 152 Å². The van der Waals surface area contributed by atoms with Gasteiger partial charge in [0.1, 0.15) is 12.1 Å². The number of hydrogen-bond acceptors (Lipinski definition) is 5. The highest BCUT2D eigenvalue weighted by molar-refractivity contribution is 5.93. The van der Waals surface area contributed by atoms with E-state index in [-0.39, 0.29) is 24.8 Å². The van der Waals surface area contributed by atoms with Crippen LogP contribution in [0.5, 0.6) is 0 Å². The molecular weight excluding hydrogens is 474 g/mol. The lowest BCUT2D eigenvalue weighted by atomic mass is 10.0. The van der Waals surface area contributed by atoms with Crippen LogP contribution in [0.4, 0.5) is 0 Å². The van der Waals surface area contributed by atoms with Crippen LogP contribution in [-0.2, 0) is 32.0 Å². The number of H-pyrrole nitrogens is 1. The van der Waals surface area contributed by atoms with E-state index in [1.165, 1.54) is 0 Å². The summed E-state index contributed by atoms with van der Waals surface area (Å²) in [6.45, 7) is 0.324. The number of carboxylic acids is 1. The summed E-state index contributed by atoms with van der Waals surface area (Å²) >= 11 is 0. The van der Waals surface area contributed by atoms with Crippen LogP contribution in [0.2, 0.25) is 0 Å². The maximum atomic E-state index is 13.1. The van der Waals surface area contributed by atoms with E-state index in [9.17, 15) is 24.3 Å². The van der Waals surface area contributed by atoms with Crippen LogP contribution >= 0.6 is 0 Å². The van der Waals surface area contributed by atoms with E-state index in [2.05, 4.69) is 26.3 Å². The minimum atomic E-state index is -1.17. The molecule has 2 aromatic carbocycles. The fourth-order valence-electron chi connectivity index (χ4n) is 4.50. The van der Waals surface area contributed by atoms with Crippen molar-refractivity contribution in [1.82, 2.24) is 26.3 Å². The summed E-state index contributed by atoms with van der Waals surface area (Å²) in [5, 5.41) is 21.4. The Labute approximate surface area is 214 Å². The number of nitrogens with one attached hydrogen (secondary N) is 5. The van der Waals surface area contributed by atoms with E-state index in [0.717, 1.165) is 35.0 Å². The SMILES string of the molecule is O=C(CNC(=O)C(Cc1c[nH]c2ccccc12)NC(=O)C1CCCN1)NC(Cc1ccccc1)C(=O)O. The third-order valence-electron chi connectivity index (χ3n) is 6.45. The van der Waals surface area contributed by atoms with E-state index >= 15 is 0 Å². The number of aliphatic carboxylic acids is 1. The molecule has 6 N–H and O–H groups in total. The van der Waals surface area contributed by atoms with Crippen LogP contribution in [0, 0.1) is 0 Å². The van der Waals surface area contributed by atoms with Crippen molar-refractivity contribution in [1.29, 1.82) is 0 Å². The Balaban J connectivity index is 1.39. The van der Waals surface area contributed by atoms with Gasteiger partial charge in [0.05, 0.1) is 12.6 Å². The normalized spacial score (nSPS) is 16.6. The van der Waals surface area contributed by atoms with E-state index in [4.69, 9.17) is 0 Å². The molecule has 1 aromatic heterocycles. The molecule has 4 rings (SSSR count). The lowest BCUT2D eigenvalue weighted by Crippen LogP contribution is -2.54. The van der Waals surface area contributed by atoms with Crippen LogP contribution in [0.25, 0.3) is 10.9 Å². The summed E-state index contributed by atoms with van der Waals surface area (Å²) in [6.07, 6.45) is 3.71. The largest absolute Gasteiger partial charge is 0.480 e. The van der Waals surface area contributed by atoms with Crippen molar-refractivity contribution >= 4 is 34.6 Å². The Morgan fingerprint density at radius 3 is 2.43 bits per heavy atom. The molecule has 0 saturated carbocycles. The third-order valence-corrected chi connectivity index (χ3v) is 6.45. The summed E-state index contributed by atoms with van der Waals surface area (Å²) in [7, 11) is 0. The van der Waals surface area contributed by atoms with E-state index in [1.54, 1.807) is 30.5 Å². The van der Waals surface area contributed by atoms with Crippen LogP contribution < -0.4 is 21.3 Å². The van der Waals surface area contributed by atoms with Gasteiger partial charge in [0.25, 0.3) is 0 Å². The second-order valence-corrected chi connectivity index (χ2v) is 9.14. The second-order valence-electron chi connectivity index (χ2n) is 9.14. The fourth-order valence-corrected chi connectivity index (χ4v) is 4.50. The van der Waals surface area contributed by atoms with Gasteiger partial charge in [-0.15, -0.1) is 0 Å². The predicted molar refractivity (Wildman–Crippen MR) is 138 cm³/mol. The van der Waals surface area contributed by atoms with E-state index in [0.29, 0.717) is 6.42 Å². The molecule has 194 valence electrons. The minimum absolute atomic E-state index is 0.115. The molecule has 1 fully saturated rings. The van der Waals surface area contributed by atoms with Crippen LogP contribution in [0.1, 0.15) is 24.0 Å². The number of amides is 3. The molecule has 0 aliphatic carbocycles. The zero-order valence-corrected chi connectivity index (χ0v) is 20.3. The molecule has 3 unspecified atom stereocenters. The maximum absolute atomic E-state index is 13.1. The number of carbonyl (C=O) groups excluding carboxylic acids is 3. The molecule has 10 nitrogen and oxygen atoms in total. The van der Waals surface area contributed by atoms with Crippen LogP contribution in [-0.4, -0.2) is 65.0 Å². The molecule has 1 saturated heterocycles.